The number of nitro groups is 2. The van der Waals surface area contributed by atoms with Gasteiger partial charge in [-0.15, -0.1) is 0 Å². The molecule has 0 aliphatic carbocycles. The van der Waals surface area contributed by atoms with Crippen LogP contribution in [0, 0.1) is 20.2 Å². The van der Waals surface area contributed by atoms with E-state index < -0.39 is 32.8 Å². The monoisotopic (exact) mass is 346 g/mol. The van der Waals surface area contributed by atoms with Crippen LogP contribution in [0.2, 0.25) is 0 Å². The molecule has 0 bridgehead atoms. The van der Waals surface area contributed by atoms with Crippen LogP contribution >= 0.6 is 0 Å². The van der Waals surface area contributed by atoms with E-state index in [4.69, 9.17) is 10.2 Å². The second-order valence-corrected chi connectivity index (χ2v) is 4.55. The second kappa shape index (κ2) is 9.53. The van der Waals surface area contributed by atoms with E-state index in [1.54, 1.807) is 6.08 Å². The Hall–Kier alpha value is -3.59. The van der Waals surface area contributed by atoms with Crippen LogP contribution in [0.25, 0.3) is 6.08 Å². The lowest BCUT2D eigenvalue weighted by Gasteiger charge is -1.96. The van der Waals surface area contributed by atoms with Crippen molar-refractivity contribution in [3.8, 4) is 0 Å². The number of non-ortho nitro benzene ring substituents is 2. The van der Waals surface area contributed by atoms with Gasteiger partial charge >= 0.3 is 5.97 Å². The van der Waals surface area contributed by atoms with Crippen LogP contribution in [0.1, 0.15) is 15.9 Å². The summed E-state index contributed by atoms with van der Waals surface area (Å²) in [5.74, 6) is -1.46. The van der Waals surface area contributed by atoms with Crippen molar-refractivity contribution in [3.05, 3.63) is 86.0 Å². The van der Waals surface area contributed by atoms with Crippen molar-refractivity contribution in [2.45, 2.75) is 0 Å². The summed E-state index contributed by atoms with van der Waals surface area (Å²) < 4.78 is 0. The van der Waals surface area contributed by atoms with Gasteiger partial charge in [-0.05, 0) is 5.56 Å². The number of benzene rings is 2. The lowest BCUT2D eigenvalue weighted by Crippen LogP contribution is -2.00. The number of aliphatic hydroxyl groups is 1. The molecular formula is C16H14N2O7. The number of hydrogen-bond donors (Lipinski definition) is 2. The Morgan fingerprint density at radius 2 is 1.52 bits per heavy atom. The van der Waals surface area contributed by atoms with Gasteiger partial charge in [-0.3, -0.25) is 20.2 Å². The molecule has 0 fully saturated rings. The van der Waals surface area contributed by atoms with Gasteiger partial charge in [-0.2, -0.15) is 0 Å². The maximum Gasteiger partial charge on any atom is 0.336 e. The van der Waals surface area contributed by atoms with E-state index in [1.807, 2.05) is 36.4 Å². The van der Waals surface area contributed by atoms with E-state index in [0.717, 1.165) is 17.7 Å². The number of aliphatic hydroxyl groups excluding tert-OH is 1. The van der Waals surface area contributed by atoms with Gasteiger partial charge < -0.3 is 10.2 Å². The lowest BCUT2D eigenvalue weighted by atomic mass is 10.2. The first-order chi connectivity index (χ1) is 11.8. The first-order valence-corrected chi connectivity index (χ1v) is 6.84. The van der Waals surface area contributed by atoms with Crippen LogP contribution < -0.4 is 0 Å². The zero-order valence-corrected chi connectivity index (χ0v) is 12.8. The van der Waals surface area contributed by atoms with Gasteiger partial charge in [-0.1, -0.05) is 42.5 Å². The van der Waals surface area contributed by atoms with Crippen LogP contribution in [-0.2, 0) is 0 Å². The highest BCUT2D eigenvalue weighted by Gasteiger charge is 2.19. The molecule has 130 valence electrons. The molecule has 0 aliphatic rings. The van der Waals surface area contributed by atoms with Gasteiger partial charge in [0.25, 0.3) is 11.4 Å². The molecular weight excluding hydrogens is 332 g/mol. The predicted molar refractivity (Wildman–Crippen MR) is 89.3 cm³/mol. The SMILES string of the molecule is O=C(O)c1cc([N+](=O)[O-])cc([N+](=O)[O-])c1.OCC=Cc1ccccc1. The van der Waals surface area contributed by atoms with E-state index in [1.165, 1.54) is 0 Å². The molecule has 0 saturated heterocycles. The molecule has 0 radical (unpaired) electrons. The van der Waals surface area contributed by atoms with Gasteiger partial charge in [-0.25, -0.2) is 4.79 Å². The molecule has 0 heterocycles. The molecule has 25 heavy (non-hydrogen) atoms. The van der Waals surface area contributed by atoms with Crippen molar-refractivity contribution in [2.75, 3.05) is 6.61 Å². The van der Waals surface area contributed by atoms with Crippen LogP contribution in [0.15, 0.2) is 54.6 Å². The molecule has 9 nitrogen and oxygen atoms in total. The number of hydrogen-bond acceptors (Lipinski definition) is 6. The Kier molecular flexibility index (Phi) is 7.41. The largest absolute Gasteiger partial charge is 0.478 e. The highest BCUT2D eigenvalue weighted by Crippen LogP contribution is 2.22. The number of carboxylic acid groups (broad SMARTS) is 1. The Balaban J connectivity index is 0.000000271. The highest BCUT2D eigenvalue weighted by molar-refractivity contribution is 5.89. The molecule has 2 N–H and O–H groups in total. The molecule has 0 amide bonds. The minimum absolute atomic E-state index is 0.106. The third kappa shape index (κ3) is 6.59. The van der Waals surface area contributed by atoms with Gasteiger partial charge in [0.15, 0.2) is 0 Å². The van der Waals surface area contributed by atoms with E-state index in [9.17, 15) is 25.0 Å². The maximum atomic E-state index is 10.5. The number of carboxylic acids is 1. The molecule has 2 aromatic rings. The fourth-order valence-corrected chi connectivity index (χ4v) is 1.68. The fourth-order valence-electron chi connectivity index (χ4n) is 1.68. The number of carbonyl (C=O) groups is 1. The minimum Gasteiger partial charge on any atom is -0.478 e. The van der Waals surface area contributed by atoms with Crippen molar-refractivity contribution in [2.24, 2.45) is 0 Å². The molecule has 2 aromatic carbocycles. The minimum atomic E-state index is -1.46. The summed E-state index contributed by atoms with van der Waals surface area (Å²) in [5.41, 5.74) is -0.615. The standard InChI is InChI=1S/C9H10O.C7H4N2O6/c10-8-4-7-9-5-2-1-3-6-9;10-7(11)4-1-5(8(12)13)3-6(2-4)9(14)15/h1-7,10H,8H2;1-3H,(H,10,11). The Bertz CT molecular complexity index is 709. The third-order valence-electron chi connectivity index (χ3n) is 2.79. The summed E-state index contributed by atoms with van der Waals surface area (Å²) in [4.78, 5) is 29.4. The number of rotatable bonds is 5. The van der Waals surface area contributed by atoms with Crippen molar-refractivity contribution < 1.29 is 24.9 Å². The summed E-state index contributed by atoms with van der Waals surface area (Å²) in [6, 6.07) is 12.1. The molecule has 0 atom stereocenters. The molecule has 0 saturated carbocycles. The fraction of sp³-hybridized carbons (Fsp3) is 0.0625. The number of nitrogens with zero attached hydrogens (tertiary/aromatic N) is 2. The Morgan fingerprint density at radius 3 is 1.92 bits per heavy atom. The van der Waals surface area contributed by atoms with E-state index in [2.05, 4.69) is 0 Å². The van der Waals surface area contributed by atoms with E-state index in [-0.39, 0.29) is 6.61 Å². The summed E-state index contributed by atoms with van der Waals surface area (Å²) in [5, 5.41) is 37.7. The molecule has 2 rings (SSSR count). The van der Waals surface area contributed by atoms with Crippen molar-refractivity contribution >= 4 is 23.4 Å². The quantitative estimate of drug-likeness (QED) is 0.625. The van der Waals surface area contributed by atoms with Crippen LogP contribution in [0.3, 0.4) is 0 Å². The zero-order chi connectivity index (χ0) is 18.8. The Labute approximate surface area is 141 Å². The first-order valence-electron chi connectivity index (χ1n) is 6.84. The van der Waals surface area contributed by atoms with Crippen LogP contribution in [-0.4, -0.2) is 32.6 Å². The van der Waals surface area contributed by atoms with E-state index >= 15 is 0 Å². The summed E-state index contributed by atoms with van der Waals surface area (Å²) in [6.07, 6.45) is 3.61. The molecule has 0 aliphatic heterocycles. The van der Waals surface area contributed by atoms with Crippen molar-refractivity contribution in [3.63, 3.8) is 0 Å². The smallest absolute Gasteiger partial charge is 0.336 e. The molecule has 9 heteroatoms. The van der Waals surface area contributed by atoms with Crippen molar-refractivity contribution in [1.29, 1.82) is 0 Å². The van der Waals surface area contributed by atoms with Crippen LogP contribution in [0.5, 0.6) is 0 Å². The van der Waals surface area contributed by atoms with Crippen LogP contribution in [0.4, 0.5) is 11.4 Å². The zero-order valence-electron chi connectivity index (χ0n) is 12.8. The Morgan fingerprint density at radius 1 is 1.00 bits per heavy atom. The molecule has 0 aromatic heterocycles. The average molecular weight is 346 g/mol. The first kappa shape index (κ1) is 19.5. The highest BCUT2D eigenvalue weighted by atomic mass is 16.6. The van der Waals surface area contributed by atoms with Gasteiger partial charge in [0.05, 0.1) is 28.1 Å². The summed E-state index contributed by atoms with van der Waals surface area (Å²) in [7, 11) is 0. The average Bonchev–Trinajstić information content (AvgIpc) is 2.60. The lowest BCUT2D eigenvalue weighted by molar-refractivity contribution is -0.394. The second-order valence-electron chi connectivity index (χ2n) is 4.55. The predicted octanol–water partition coefficient (Wildman–Crippen LogP) is 2.89. The van der Waals surface area contributed by atoms with Gasteiger partial charge in [0.1, 0.15) is 0 Å². The van der Waals surface area contributed by atoms with Crippen molar-refractivity contribution in [1.82, 2.24) is 0 Å². The number of nitro benzene ring substituents is 2. The van der Waals surface area contributed by atoms with Gasteiger partial charge in [0.2, 0.25) is 0 Å². The maximum absolute atomic E-state index is 10.5. The molecule has 0 unspecified atom stereocenters. The topological polar surface area (TPSA) is 144 Å². The number of aromatic carboxylic acids is 1. The van der Waals surface area contributed by atoms with E-state index in [0.29, 0.717) is 6.07 Å². The summed E-state index contributed by atoms with van der Waals surface area (Å²) in [6.45, 7) is 0.106. The molecule has 0 spiro atoms. The third-order valence-corrected chi connectivity index (χ3v) is 2.79. The normalized spacial score (nSPS) is 9.96. The summed E-state index contributed by atoms with van der Waals surface area (Å²) >= 11 is 0. The van der Waals surface area contributed by atoms with Gasteiger partial charge in [0, 0.05) is 12.1 Å².